The summed E-state index contributed by atoms with van der Waals surface area (Å²) in [6, 6.07) is 11.0. The fraction of sp³-hybridized carbons (Fsp3) is 0.292. The third-order valence-electron chi connectivity index (χ3n) is 6.36. The summed E-state index contributed by atoms with van der Waals surface area (Å²) in [5.41, 5.74) is 2.24. The third-order valence-corrected chi connectivity index (χ3v) is 7.39. The molecule has 6 nitrogen and oxygen atoms in total. The molecule has 10 heteroatoms. The third kappa shape index (κ3) is 4.17. The fourth-order valence-corrected chi connectivity index (χ4v) is 5.41. The quantitative estimate of drug-likeness (QED) is 0.420. The summed E-state index contributed by atoms with van der Waals surface area (Å²) >= 11 is 19.3. The molecule has 2 atom stereocenters. The number of aliphatic imine (C=N–C) groups is 1. The number of piperazine rings is 1. The summed E-state index contributed by atoms with van der Waals surface area (Å²) in [7, 11) is 0. The van der Waals surface area contributed by atoms with Crippen LogP contribution in [-0.2, 0) is 4.79 Å². The van der Waals surface area contributed by atoms with Crippen molar-refractivity contribution in [2.24, 2.45) is 10.9 Å². The Hall–Kier alpha value is -2.61. The van der Waals surface area contributed by atoms with Crippen LogP contribution >= 0.6 is 34.8 Å². The summed E-state index contributed by atoms with van der Waals surface area (Å²) in [5.74, 6) is -0.302. The Kier molecular flexibility index (Phi) is 6.27. The number of carbonyl (C=O) groups excluding carboxylic acids is 1. The highest BCUT2D eigenvalue weighted by Crippen LogP contribution is 2.42. The molecule has 1 amide bonds. The van der Waals surface area contributed by atoms with Gasteiger partial charge in [-0.1, -0.05) is 34.8 Å². The van der Waals surface area contributed by atoms with Crippen LogP contribution in [0.15, 0.2) is 53.7 Å². The van der Waals surface area contributed by atoms with E-state index in [4.69, 9.17) is 34.8 Å². The normalized spacial score (nSPS) is 20.2. The first-order valence-electron chi connectivity index (χ1n) is 10.9. The first-order chi connectivity index (χ1) is 16.3. The fourth-order valence-electron chi connectivity index (χ4n) is 4.68. The molecule has 3 aromatic rings. The molecule has 0 N–H and O–H groups in total. The minimum atomic E-state index is -0.614. The number of rotatable bonds is 3. The molecule has 1 aromatic heterocycles. The lowest BCUT2D eigenvalue weighted by Gasteiger charge is -2.40. The second-order valence-electron chi connectivity index (χ2n) is 8.39. The summed E-state index contributed by atoms with van der Waals surface area (Å²) < 4.78 is 15.0. The Bertz CT molecular complexity index is 1270. The second kappa shape index (κ2) is 9.21. The van der Waals surface area contributed by atoms with Gasteiger partial charge in [0.1, 0.15) is 11.7 Å². The van der Waals surface area contributed by atoms with E-state index >= 15 is 0 Å². The molecule has 5 rings (SSSR count). The Labute approximate surface area is 211 Å². The van der Waals surface area contributed by atoms with Gasteiger partial charge in [-0.2, -0.15) is 5.10 Å². The number of hydrogen-bond donors (Lipinski definition) is 0. The van der Waals surface area contributed by atoms with Gasteiger partial charge in [-0.25, -0.2) is 14.1 Å². The highest BCUT2D eigenvalue weighted by molar-refractivity contribution is 6.43. The van der Waals surface area contributed by atoms with Crippen LogP contribution in [0.3, 0.4) is 0 Å². The monoisotopic (exact) mass is 519 g/mol. The van der Waals surface area contributed by atoms with Crippen LogP contribution in [0.2, 0.25) is 15.1 Å². The van der Waals surface area contributed by atoms with Gasteiger partial charge in [-0.05, 0) is 48.9 Å². The Morgan fingerprint density at radius 3 is 2.44 bits per heavy atom. The zero-order valence-electron chi connectivity index (χ0n) is 18.3. The first-order valence-corrected chi connectivity index (χ1v) is 12.0. The van der Waals surface area contributed by atoms with Crippen LogP contribution < -0.4 is 4.90 Å². The lowest BCUT2D eigenvalue weighted by atomic mass is 9.86. The number of nitrogens with zero attached hydrogens (tertiary/aromatic N) is 5. The van der Waals surface area contributed by atoms with E-state index in [1.807, 2.05) is 11.8 Å². The van der Waals surface area contributed by atoms with Crippen molar-refractivity contribution in [3.8, 4) is 0 Å². The molecule has 1 fully saturated rings. The SMILES string of the molecule is CC1=Nc2ccnn2C(c2cc(Cl)cc(Cl)c2Cl)C1C(=O)N1CCN(c2ccc(F)cc2)CC1. The van der Waals surface area contributed by atoms with Gasteiger partial charge in [-0.15, -0.1) is 0 Å². The maximum atomic E-state index is 13.9. The first kappa shape index (κ1) is 23.1. The lowest BCUT2D eigenvalue weighted by molar-refractivity contribution is -0.134. The van der Waals surface area contributed by atoms with E-state index in [1.54, 1.807) is 41.2 Å². The van der Waals surface area contributed by atoms with E-state index in [9.17, 15) is 9.18 Å². The minimum Gasteiger partial charge on any atom is -0.368 e. The molecule has 2 aliphatic rings. The minimum absolute atomic E-state index is 0.0571. The van der Waals surface area contributed by atoms with Crippen LogP contribution in [0, 0.1) is 11.7 Å². The molecule has 176 valence electrons. The van der Waals surface area contributed by atoms with Crippen LogP contribution in [0.5, 0.6) is 0 Å². The van der Waals surface area contributed by atoms with Crippen molar-refractivity contribution in [1.29, 1.82) is 0 Å². The van der Waals surface area contributed by atoms with Crippen molar-refractivity contribution in [1.82, 2.24) is 14.7 Å². The predicted molar refractivity (Wildman–Crippen MR) is 133 cm³/mol. The number of carbonyl (C=O) groups is 1. The molecule has 2 aromatic carbocycles. The van der Waals surface area contributed by atoms with Crippen molar-refractivity contribution in [3.63, 3.8) is 0 Å². The molecule has 0 spiro atoms. The highest BCUT2D eigenvalue weighted by atomic mass is 35.5. The van der Waals surface area contributed by atoms with Crippen molar-refractivity contribution in [3.05, 3.63) is 75.1 Å². The van der Waals surface area contributed by atoms with E-state index in [-0.39, 0.29) is 11.7 Å². The van der Waals surface area contributed by atoms with E-state index in [0.717, 1.165) is 5.69 Å². The number of benzene rings is 2. The average Bonchev–Trinajstić information content (AvgIpc) is 3.29. The Balaban J connectivity index is 1.44. The van der Waals surface area contributed by atoms with E-state index < -0.39 is 12.0 Å². The molecule has 2 unspecified atom stereocenters. The summed E-state index contributed by atoms with van der Waals surface area (Å²) in [6.07, 6.45) is 1.65. The number of anilines is 1. The number of amides is 1. The molecule has 0 radical (unpaired) electrons. The van der Waals surface area contributed by atoms with Gasteiger partial charge in [0.15, 0.2) is 5.82 Å². The van der Waals surface area contributed by atoms with Gasteiger partial charge >= 0.3 is 0 Å². The van der Waals surface area contributed by atoms with Crippen LogP contribution in [-0.4, -0.2) is 52.5 Å². The van der Waals surface area contributed by atoms with Crippen molar-refractivity contribution in [2.45, 2.75) is 13.0 Å². The van der Waals surface area contributed by atoms with E-state index in [2.05, 4.69) is 15.0 Å². The Morgan fingerprint density at radius 2 is 1.74 bits per heavy atom. The largest absolute Gasteiger partial charge is 0.368 e. The van der Waals surface area contributed by atoms with Gasteiger partial charge in [0, 0.05) is 48.7 Å². The topological polar surface area (TPSA) is 53.7 Å². The summed E-state index contributed by atoms with van der Waals surface area (Å²) in [5, 5.41) is 5.53. The molecule has 0 saturated carbocycles. The predicted octanol–water partition coefficient (Wildman–Crippen LogP) is 5.64. The average molecular weight is 521 g/mol. The van der Waals surface area contributed by atoms with Crippen molar-refractivity contribution in [2.75, 3.05) is 31.1 Å². The van der Waals surface area contributed by atoms with Gasteiger partial charge in [0.05, 0.1) is 22.3 Å². The van der Waals surface area contributed by atoms with E-state index in [1.165, 1.54) is 12.1 Å². The van der Waals surface area contributed by atoms with E-state index in [0.29, 0.717) is 58.3 Å². The van der Waals surface area contributed by atoms with Gasteiger partial charge in [0.25, 0.3) is 0 Å². The molecule has 2 aliphatic heterocycles. The molecular weight excluding hydrogens is 500 g/mol. The lowest BCUT2D eigenvalue weighted by Crippen LogP contribution is -2.53. The molecule has 0 aliphatic carbocycles. The number of hydrogen-bond acceptors (Lipinski definition) is 4. The molecule has 34 heavy (non-hydrogen) atoms. The van der Waals surface area contributed by atoms with Gasteiger partial charge in [0.2, 0.25) is 5.91 Å². The molecule has 0 bridgehead atoms. The maximum absolute atomic E-state index is 13.9. The Morgan fingerprint density at radius 1 is 1.03 bits per heavy atom. The van der Waals surface area contributed by atoms with Gasteiger partial charge < -0.3 is 9.80 Å². The van der Waals surface area contributed by atoms with Crippen LogP contribution in [0.1, 0.15) is 18.5 Å². The number of fused-ring (bicyclic) bond motifs is 1. The second-order valence-corrected chi connectivity index (χ2v) is 9.61. The van der Waals surface area contributed by atoms with Gasteiger partial charge in [-0.3, -0.25) is 4.79 Å². The summed E-state index contributed by atoms with van der Waals surface area (Å²) in [4.78, 5) is 22.5. The van der Waals surface area contributed by atoms with Crippen LogP contribution in [0.25, 0.3) is 0 Å². The van der Waals surface area contributed by atoms with Crippen LogP contribution in [0.4, 0.5) is 15.9 Å². The highest BCUT2D eigenvalue weighted by Gasteiger charge is 2.42. The van der Waals surface area contributed by atoms with Crippen molar-refractivity contribution >= 4 is 57.9 Å². The smallest absolute Gasteiger partial charge is 0.234 e. The standard InChI is InChI=1S/C24H21Cl3FN5O/c1-14-21(24(34)32-10-8-31(9-11-32)17-4-2-16(28)3-5-17)23(33-20(30-14)6-7-29-33)18-12-15(25)13-19(26)22(18)27/h2-7,12-13,21,23H,8-11H2,1H3. The number of halogens is 4. The number of aromatic nitrogens is 2. The molecular formula is C24H21Cl3FN5O. The zero-order valence-corrected chi connectivity index (χ0v) is 20.5. The molecule has 1 saturated heterocycles. The molecule has 3 heterocycles. The zero-order chi connectivity index (χ0) is 24.0. The van der Waals surface area contributed by atoms with Crippen molar-refractivity contribution < 1.29 is 9.18 Å². The maximum Gasteiger partial charge on any atom is 0.234 e. The summed E-state index contributed by atoms with van der Waals surface area (Å²) in [6.45, 7) is 4.19.